The molecule has 0 spiro atoms. The monoisotopic (exact) mass is 529 g/mol. The molecule has 1 saturated heterocycles. The van der Waals surface area contributed by atoms with Crippen LogP contribution in [0.5, 0.6) is 0 Å². The Morgan fingerprint density at radius 1 is 0.872 bits per heavy atom. The Kier molecular flexibility index (Phi) is 9.33. The van der Waals surface area contributed by atoms with Gasteiger partial charge < -0.3 is 9.88 Å². The summed E-state index contributed by atoms with van der Waals surface area (Å²) in [6.07, 6.45) is 1.97. The van der Waals surface area contributed by atoms with Crippen LogP contribution in [0.1, 0.15) is 35.7 Å². The van der Waals surface area contributed by atoms with Crippen molar-refractivity contribution in [3.05, 3.63) is 117 Å². The van der Waals surface area contributed by atoms with Crippen molar-refractivity contribution in [3.63, 3.8) is 0 Å². The third-order valence-electron chi connectivity index (χ3n) is 6.91. The van der Waals surface area contributed by atoms with Crippen molar-refractivity contribution in [1.82, 2.24) is 14.5 Å². The predicted molar refractivity (Wildman–Crippen MR) is 150 cm³/mol. The van der Waals surface area contributed by atoms with Crippen LogP contribution < -0.4 is 11.2 Å². The normalized spacial score (nSPS) is 14.0. The molecule has 1 N–H and O–H groups in total. The maximum absolute atomic E-state index is 13.0. The van der Waals surface area contributed by atoms with E-state index in [0.717, 1.165) is 18.7 Å². The maximum atomic E-state index is 13.0. The van der Waals surface area contributed by atoms with Gasteiger partial charge in [-0.1, -0.05) is 42.5 Å². The largest absolute Gasteiger partial charge is 0.328 e. The van der Waals surface area contributed by atoms with Gasteiger partial charge in [0.1, 0.15) is 11.6 Å². The highest BCUT2D eigenvalue weighted by Crippen LogP contribution is 2.22. The Hall–Kier alpha value is -4.17. The average molecular weight is 530 g/mol. The highest BCUT2D eigenvalue weighted by molar-refractivity contribution is 5.97. The minimum absolute atomic E-state index is 0.0480. The quantitative estimate of drug-likeness (QED) is 0.362. The first-order valence-corrected chi connectivity index (χ1v) is 13.1. The van der Waals surface area contributed by atoms with Gasteiger partial charge in [-0.3, -0.25) is 19.0 Å². The van der Waals surface area contributed by atoms with Crippen LogP contribution >= 0.6 is 0 Å². The lowest BCUT2D eigenvalue weighted by Crippen LogP contribution is -2.42. The van der Waals surface area contributed by atoms with Gasteiger partial charge in [-0.25, -0.2) is 9.18 Å². The van der Waals surface area contributed by atoms with E-state index in [4.69, 9.17) is 0 Å². The third kappa shape index (κ3) is 7.45. The number of piperidine rings is 1. The highest BCUT2D eigenvalue weighted by atomic mass is 19.1. The van der Waals surface area contributed by atoms with Gasteiger partial charge in [0.15, 0.2) is 5.78 Å². The first-order chi connectivity index (χ1) is 18.8. The zero-order valence-electron chi connectivity index (χ0n) is 21.9. The van der Waals surface area contributed by atoms with Crippen molar-refractivity contribution < 1.29 is 14.0 Å². The van der Waals surface area contributed by atoms with Crippen molar-refractivity contribution in [2.45, 2.75) is 32.7 Å². The summed E-state index contributed by atoms with van der Waals surface area (Å²) in [5, 5.41) is 0.496. The highest BCUT2D eigenvalue weighted by Gasteiger charge is 2.25. The van der Waals surface area contributed by atoms with E-state index in [-0.39, 0.29) is 28.9 Å². The molecule has 1 fully saturated rings. The molecule has 202 valence electrons. The SMILES string of the molecule is CC(=O)Cc1ccccc1.O=C(c1ccc(F)cc1)C1CCN(CCn2c(=O)[nH]c3ccccc3c2=O)CC1. The van der Waals surface area contributed by atoms with Gasteiger partial charge in [-0.15, -0.1) is 0 Å². The smallest absolute Gasteiger partial charge is 0.307 e. The lowest BCUT2D eigenvalue weighted by Gasteiger charge is -2.31. The molecule has 0 atom stereocenters. The number of halogens is 1. The number of H-pyrrole nitrogens is 1. The number of likely N-dealkylation sites (tertiary alicyclic amines) is 1. The standard InChI is InChI=1S/C22H22FN3O3.C9H10O/c23-17-7-5-15(6-8-17)20(27)16-9-11-25(12-10-16)13-14-26-21(28)18-3-1-2-4-19(18)24-22(26)29;1-8(10)7-9-5-3-2-4-6-9/h1-8,16H,9-14H2,(H,24,29);2-6H,7H2,1H3. The summed E-state index contributed by atoms with van der Waals surface area (Å²) in [5.41, 5.74) is 1.48. The van der Waals surface area contributed by atoms with Crippen molar-refractivity contribution in [1.29, 1.82) is 0 Å². The van der Waals surface area contributed by atoms with Gasteiger partial charge in [-0.2, -0.15) is 0 Å². The number of ketones is 2. The number of fused-ring (bicyclic) bond motifs is 1. The Morgan fingerprint density at radius 2 is 1.51 bits per heavy atom. The number of rotatable bonds is 7. The second kappa shape index (κ2) is 13.1. The molecule has 1 aromatic heterocycles. The molecule has 0 radical (unpaired) electrons. The minimum Gasteiger partial charge on any atom is -0.307 e. The summed E-state index contributed by atoms with van der Waals surface area (Å²) >= 11 is 0. The number of carbonyl (C=O) groups excluding carboxylic acids is 2. The van der Waals surface area contributed by atoms with Crippen LogP contribution in [0.15, 0.2) is 88.5 Å². The summed E-state index contributed by atoms with van der Waals surface area (Å²) in [6, 6.07) is 22.4. The Labute approximate surface area is 225 Å². The van der Waals surface area contributed by atoms with Gasteiger partial charge in [-0.05, 0) is 74.8 Å². The van der Waals surface area contributed by atoms with E-state index in [2.05, 4.69) is 9.88 Å². The number of nitrogens with zero attached hydrogens (tertiary/aromatic N) is 2. The van der Waals surface area contributed by atoms with Crippen LogP contribution in [0.2, 0.25) is 0 Å². The Balaban J connectivity index is 0.000000298. The molecule has 1 aliphatic rings. The zero-order chi connectivity index (χ0) is 27.8. The van der Waals surface area contributed by atoms with E-state index < -0.39 is 5.69 Å². The Morgan fingerprint density at radius 3 is 2.18 bits per heavy atom. The third-order valence-corrected chi connectivity index (χ3v) is 6.91. The number of benzene rings is 3. The number of aromatic amines is 1. The van der Waals surface area contributed by atoms with E-state index in [0.29, 0.717) is 48.8 Å². The van der Waals surface area contributed by atoms with Gasteiger partial charge in [0, 0.05) is 31.0 Å². The molecule has 5 rings (SSSR count). The molecule has 39 heavy (non-hydrogen) atoms. The van der Waals surface area contributed by atoms with Crippen molar-refractivity contribution in [2.24, 2.45) is 5.92 Å². The lowest BCUT2D eigenvalue weighted by atomic mass is 9.89. The average Bonchev–Trinajstić information content (AvgIpc) is 2.94. The molecule has 0 amide bonds. The first-order valence-electron chi connectivity index (χ1n) is 13.1. The number of aromatic nitrogens is 2. The summed E-state index contributed by atoms with van der Waals surface area (Å²) in [6.45, 7) is 3.91. The summed E-state index contributed by atoms with van der Waals surface area (Å²) in [5.74, 6) is -0.170. The summed E-state index contributed by atoms with van der Waals surface area (Å²) in [4.78, 5) is 53.0. The number of hydrogen-bond donors (Lipinski definition) is 1. The molecule has 7 nitrogen and oxygen atoms in total. The minimum atomic E-state index is -0.407. The topological polar surface area (TPSA) is 92.2 Å². The van der Waals surface area contributed by atoms with Gasteiger partial charge in [0.25, 0.3) is 5.56 Å². The Bertz CT molecular complexity index is 1540. The van der Waals surface area contributed by atoms with Gasteiger partial charge in [0.05, 0.1) is 10.9 Å². The van der Waals surface area contributed by atoms with E-state index in [1.807, 2.05) is 30.3 Å². The van der Waals surface area contributed by atoms with E-state index in [9.17, 15) is 23.6 Å². The van der Waals surface area contributed by atoms with Gasteiger partial charge in [0.2, 0.25) is 0 Å². The molecular weight excluding hydrogens is 497 g/mol. The van der Waals surface area contributed by atoms with Crippen LogP contribution in [0.4, 0.5) is 4.39 Å². The first kappa shape index (κ1) is 27.9. The number of para-hydroxylation sites is 1. The van der Waals surface area contributed by atoms with Crippen molar-refractivity contribution >= 4 is 22.5 Å². The van der Waals surface area contributed by atoms with Crippen LogP contribution in [0, 0.1) is 11.7 Å². The number of Topliss-reactive ketones (excluding diaryl/α,β-unsaturated/α-hetero) is 2. The fourth-order valence-corrected chi connectivity index (χ4v) is 4.80. The number of nitrogens with one attached hydrogen (secondary N) is 1. The zero-order valence-corrected chi connectivity index (χ0v) is 21.9. The van der Waals surface area contributed by atoms with E-state index in [1.54, 1.807) is 31.2 Å². The summed E-state index contributed by atoms with van der Waals surface area (Å²) in [7, 11) is 0. The molecular formula is C31H32FN3O4. The maximum Gasteiger partial charge on any atom is 0.328 e. The molecule has 8 heteroatoms. The van der Waals surface area contributed by atoms with Crippen LogP contribution in [0.25, 0.3) is 10.9 Å². The van der Waals surface area contributed by atoms with E-state index in [1.165, 1.54) is 28.8 Å². The number of hydrogen-bond acceptors (Lipinski definition) is 5. The molecule has 2 heterocycles. The number of carbonyl (C=O) groups is 2. The van der Waals surface area contributed by atoms with Crippen LogP contribution in [0.3, 0.4) is 0 Å². The summed E-state index contributed by atoms with van der Waals surface area (Å²) < 4.78 is 14.3. The second-order valence-corrected chi connectivity index (χ2v) is 9.78. The fourth-order valence-electron chi connectivity index (χ4n) is 4.80. The molecule has 3 aromatic carbocycles. The van der Waals surface area contributed by atoms with E-state index >= 15 is 0 Å². The van der Waals surface area contributed by atoms with Crippen LogP contribution in [-0.4, -0.2) is 45.7 Å². The molecule has 1 aliphatic heterocycles. The van der Waals surface area contributed by atoms with Crippen molar-refractivity contribution in [3.8, 4) is 0 Å². The fraction of sp³-hybridized carbons (Fsp3) is 0.290. The lowest BCUT2D eigenvalue weighted by molar-refractivity contribution is -0.116. The molecule has 0 aliphatic carbocycles. The molecule has 4 aromatic rings. The molecule has 0 bridgehead atoms. The second-order valence-electron chi connectivity index (χ2n) is 9.78. The predicted octanol–water partition coefficient (Wildman–Crippen LogP) is 4.24. The van der Waals surface area contributed by atoms with Crippen LogP contribution in [-0.2, 0) is 17.8 Å². The van der Waals surface area contributed by atoms with Gasteiger partial charge >= 0.3 is 5.69 Å². The molecule has 0 saturated carbocycles. The molecule has 0 unspecified atom stereocenters. The van der Waals surface area contributed by atoms with Crippen molar-refractivity contribution in [2.75, 3.05) is 19.6 Å².